The van der Waals surface area contributed by atoms with Gasteiger partial charge in [-0.3, -0.25) is 0 Å². The summed E-state index contributed by atoms with van der Waals surface area (Å²) < 4.78 is 27.7. The van der Waals surface area contributed by atoms with Crippen molar-refractivity contribution in [3.63, 3.8) is 0 Å². The van der Waals surface area contributed by atoms with Crippen LogP contribution >= 0.6 is 0 Å². The van der Waals surface area contributed by atoms with Crippen molar-refractivity contribution in [3.8, 4) is 0 Å². The van der Waals surface area contributed by atoms with Crippen molar-refractivity contribution in [1.29, 1.82) is 0 Å². The van der Waals surface area contributed by atoms with E-state index in [1.165, 1.54) is 7.11 Å². The van der Waals surface area contributed by atoms with Gasteiger partial charge in [0.05, 0.1) is 7.11 Å². The maximum Gasteiger partial charge on any atom is 0.343 e. The number of anilines is 1. The Balaban J connectivity index is 2.35. The lowest BCUT2D eigenvalue weighted by atomic mass is 10.2. The number of nitrogens with one attached hydrogen (secondary N) is 1. The Labute approximate surface area is 128 Å². The van der Waals surface area contributed by atoms with Gasteiger partial charge in [0.25, 0.3) is 0 Å². The molecule has 0 aliphatic carbocycles. The minimum atomic E-state index is -3.57. The summed E-state index contributed by atoms with van der Waals surface area (Å²) in [6.45, 7) is 0.380. The number of rotatable bonds is 5. The van der Waals surface area contributed by atoms with Gasteiger partial charge in [-0.25, -0.2) is 23.2 Å². The number of carbonyl (C=O) groups is 1. The first-order valence-electron chi connectivity index (χ1n) is 6.35. The summed E-state index contributed by atoms with van der Waals surface area (Å²) in [5, 5.41) is 2.59. The van der Waals surface area contributed by atoms with Crippen molar-refractivity contribution in [2.24, 2.45) is 0 Å². The number of carbonyl (C=O) groups excluding carboxylic acids is 1. The maximum atomic E-state index is 11.7. The minimum Gasteiger partial charge on any atom is -0.465 e. The van der Waals surface area contributed by atoms with E-state index in [2.05, 4.69) is 20.0 Å². The summed E-state index contributed by atoms with van der Waals surface area (Å²) in [7, 11) is -2.34. The van der Waals surface area contributed by atoms with E-state index in [9.17, 15) is 13.2 Å². The summed E-state index contributed by atoms with van der Waals surface area (Å²) in [5.41, 5.74) is 1.03. The molecular formula is C14H15N3O4S. The number of ether oxygens (including phenoxy) is 1. The van der Waals surface area contributed by atoms with Crippen LogP contribution in [0, 0.1) is 0 Å². The van der Waals surface area contributed by atoms with E-state index in [4.69, 9.17) is 0 Å². The third-order valence-electron chi connectivity index (χ3n) is 2.81. The molecule has 0 saturated heterocycles. The Bertz CT molecular complexity index is 776. The normalized spacial score (nSPS) is 11.0. The molecular weight excluding hydrogens is 306 g/mol. The smallest absolute Gasteiger partial charge is 0.343 e. The number of hydrogen-bond donors (Lipinski definition) is 1. The largest absolute Gasteiger partial charge is 0.465 e. The average Bonchev–Trinajstić information content (AvgIpc) is 2.52. The second-order valence-electron chi connectivity index (χ2n) is 4.52. The van der Waals surface area contributed by atoms with Crippen molar-refractivity contribution < 1.29 is 17.9 Å². The Morgan fingerprint density at radius 1 is 1.27 bits per heavy atom. The molecule has 2 rings (SSSR count). The molecule has 116 valence electrons. The molecule has 0 aliphatic rings. The number of sulfone groups is 1. The Morgan fingerprint density at radius 2 is 1.95 bits per heavy atom. The van der Waals surface area contributed by atoms with Crippen LogP contribution in [0.25, 0.3) is 0 Å². The molecule has 0 spiro atoms. The van der Waals surface area contributed by atoms with Crippen LogP contribution in [0.15, 0.2) is 41.7 Å². The lowest BCUT2D eigenvalue weighted by Crippen LogP contribution is -2.14. The molecule has 1 aromatic carbocycles. The molecule has 0 bridgehead atoms. The van der Waals surface area contributed by atoms with Crippen LogP contribution in [-0.4, -0.2) is 37.7 Å². The van der Waals surface area contributed by atoms with E-state index in [1.807, 2.05) is 30.3 Å². The highest BCUT2D eigenvalue weighted by molar-refractivity contribution is 7.90. The SMILES string of the molecule is COC(=O)c1cnc(S(C)(=O)=O)nc1NCc1ccccc1. The molecule has 1 N–H and O–H groups in total. The topological polar surface area (TPSA) is 98.2 Å². The quantitative estimate of drug-likeness (QED) is 0.654. The van der Waals surface area contributed by atoms with E-state index in [-0.39, 0.29) is 16.5 Å². The van der Waals surface area contributed by atoms with Crippen LogP contribution in [0.3, 0.4) is 0 Å². The number of hydrogen-bond acceptors (Lipinski definition) is 7. The molecule has 0 fully saturated rings. The van der Waals surface area contributed by atoms with Crippen molar-refractivity contribution >= 4 is 21.6 Å². The second kappa shape index (κ2) is 6.52. The first kappa shape index (κ1) is 15.9. The summed E-state index contributed by atoms with van der Waals surface area (Å²) in [5.74, 6) is -0.526. The average molecular weight is 321 g/mol. The molecule has 0 amide bonds. The minimum absolute atomic E-state index is 0.0748. The fourth-order valence-electron chi connectivity index (χ4n) is 1.72. The summed E-state index contributed by atoms with van der Waals surface area (Å²) in [6.07, 6.45) is 2.14. The van der Waals surface area contributed by atoms with Gasteiger partial charge in [0.2, 0.25) is 15.0 Å². The van der Waals surface area contributed by atoms with Crippen LogP contribution in [0.4, 0.5) is 5.82 Å². The molecule has 1 aromatic heterocycles. The van der Waals surface area contributed by atoms with Gasteiger partial charge < -0.3 is 10.1 Å². The highest BCUT2D eigenvalue weighted by Gasteiger charge is 2.19. The molecule has 8 heteroatoms. The maximum absolute atomic E-state index is 11.7. The van der Waals surface area contributed by atoms with Crippen LogP contribution < -0.4 is 5.32 Å². The van der Waals surface area contributed by atoms with Crippen molar-refractivity contribution in [1.82, 2.24) is 9.97 Å². The standard InChI is InChI=1S/C14H15N3O4S/c1-21-13(18)11-9-16-14(22(2,19)20)17-12(11)15-8-10-6-4-3-5-7-10/h3-7,9H,8H2,1-2H3,(H,15,16,17). The van der Waals surface area contributed by atoms with Gasteiger partial charge in [-0.2, -0.15) is 0 Å². The monoisotopic (exact) mass is 321 g/mol. The number of esters is 1. The van der Waals surface area contributed by atoms with Gasteiger partial charge in [0.15, 0.2) is 0 Å². The van der Waals surface area contributed by atoms with Crippen LogP contribution in [0.2, 0.25) is 0 Å². The first-order valence-corrected chi connectivity index (χ1v) is 8.24. The number of aromatic nitrogens is 2. The molecule has 0 radical (unpaired) electrons. The van der Waals surface area contributed by atoms with Crippen LogP contribution in [0.1, 0.15) is 15.9 Å². The highest BCUT2D eigenvalue weighted by Crippen LogP contribution is 2.16. The fourth-order valence-corrected chi connectivity index (χ4v) is 2.22. The van der Waals surface area contributed by atoms with E-state index >= 15 is 0 Å². The second-order valence-corrected chi connectivity index (χ2v) is 6.43. The van der Waals surface area contributed by atoms with E-state index in [0.717, 1.165) is 18.0 Å². The zero-order valence-corrected chi connectivity index (χ0v) is 12.9. The molecule has 2 aromatic rings. The molecule has 1 heterocycles. The van der Waals surface area contributed by atoms with Gasteiger partial charge in [-0.1, -0.05) is 30.3 Å². The van der Waals surface area contributed by atoms with E-state index < -0.39 is 15.8 Å². The zero-order valence-electron chi connectivity index (χ0n) is 12.1. The van der Waals surface area contributed by atoms with Crippen molar-refractivity contribution in [3.05, 3.63) is 47.7 Å². The number of nitrogens with zero attached hydrogens (tertiary/aromatic N) is 2. The number of benzene rings is 1. The molecule has 22 heavy (non-hydrogen) atoms. The molecule has 0 aliphatic heterocycles. The van der Waals surface area contributed by atoms with E-state index in [0.29, 0.717) is 6.54 Å². The number of methoxy groups -OCH3 is 1. The Morgan fingerprint density at radius 3 is 2.55 bits per heavy atom. The van der Waals surface area contributed by atoms with Crippen LogP contribution in [-0.2, 0) is 21.1 Å². The first-order chi connectivity index (χ1) is 10.4. The van der Waals surface area contributed by atoms with Gasteiger partial charge in [0.1, 0.15) is 11.4 Å². The molecule has 7 nitrogen and oxygen atoms in total. The predicted octanol–water partition coefficient (Wildman–Crippen LogP) is 1.28. The van der Waals surface area contributed by atoms with Gasteiger partial charge >= 0.3 is 5.97 Å². The predicted molar refractivity (Wildman–Crippen MR) is 80.3 cm³/mol. The lowest BCUT2D eigenvalue weighted by molar-refractivity contribution is 0.0600. The van der Waals surface area contributed by atoms with Crippen molar-refractivity contribution in [2.45, 2.75) is 11.7 Å². The third-order valence-corrected chi connectivity index (χ3v) is 3.67. The molecule has 0 saturated carbocycles. The van der Waals surface area contributed by atoms with Crippen molar-refractivity contribution in [2.75, 3.05) is 18.7 Å². The summed E-state index contributed by atoms with van der Waals surface area (Å²) in [4.78, 5) is 19.3. The van der Waals surface area contributed by atoms with Gasteiger partial charge in [0, 0.05) is 19.0 Å². The van der Waals surface area contributed by atoms with Gasteiger partial charge in [-0.15, -0.1) is 0 Å². The molecule has 0 atom stereocenters. The summed E-state index contributed by atoms with van der Waals surface area (Å²) >= 11 is 0. The zero-order chi connectivity index (χ0) is 16.2. The Hall–Kier alpha value is -2.48. The fraction of sp³-hybridized carbons (Fsp3) is 0.214. The van der Waals surface area contributed by atoms with Gasteiger partial charge in [-0.05, 0) is 5.56 Å². The summed E-state index contributed by atoms with van der Waals surface area (Å²) in [6, 6.07) is 9.42. The van der Waals surface area contributed by atoms with Crippen LogP contribution in [0.5, 0.6) is 0 Å². The lowest BCUT2D eigenvalue weighted by Gasteiger charge is -2.10. The third kappa shape index (κ3) is 3.79. The van der Waals surface area contributed by atoms with E-state index in [1.54, 1.807) is 0 Å². The Kier molecular flexibility index (Phi) is 4.71. The highest BCUT2D eigenvalue weighted by atomic mass is 32.2. The molecule has 0 unspecified atom stereocenters.